The summed E-state index contributed by atoms with van der Waals surface area (Å²) < 4.78 is 0. The molecule has 0 fully saturated rings. The first-order chi connectivity index (χ1) is 12.9. The third-order valence-electron chi connectivity index (χ3n) is 3.95. The molecule has 2 aromatic rings. The zero-order chi connectivity index (χ0) is 19.8. The molecule has 2 amide bonds. The SMILES string of the molecule is CCN(C#N)C(=O)C(Cc1ccc2ccccc2c1)NC(=O)/C=C/C(=O)O. The van der Waals surface area contributed by atoms with Crippen molar-refractivity contribution in [1.82, 2.24) is 10.2 Å². The highest BCUT2D eigenvalue weighted by Gasteiger charge is 2.25. The second-order valence-corrected chi connectivity index (χ2v) is 5.80. The lowest BCUT2D eigenvalue weighted by Crippen LogP contribution is -2.48. The van der Waals surface area contributed by atoms with Crippen LogP contribution in [0.25, 0.3) is 10.8 Å². The third kappa shape index (κ3) is 5.41. The number of hydrogen-bond donors (Lipinski definition) is 2. The maximum Gasteiger partial charge on any atom is 0.328 e. The largest absolute Gasteiger partial charge is 0.478 e. The first-order valence-corrected chi connectivity index (χ1v) is 8.35. The number of nitriles is 1. The topological polar surface area (TPSA) is 111 Å². The van der Waals surface area contributed by atoms with Crippen molar-refractivity contribution in [3.63, 3.8) is 0 Å². The molecular weight excluding hydrogens is 346 g/mol. The van der Waals surface area contributed by atoms with Crippen molar-refractivity contribution in [3.05, 3.63) is 60.2 Å². The molecule has 0 heterocycles. The molecule has 138 valence electrons. The molecule has 2 aromatic carbocycles. The maximum atomic E-state index is 12.6. The molecule has 0 aliphatic rings. The highest BCUT2D eigenvalue weighted by atomic mass is 16.4. The Balaban J connectivity index is 2.27. The van der Waals surface area contributed by atoms with Crippen molar-refractivity contribution >= 4 is 28.6 Å². The Morgan fingerprint density at radius 3 is 2.52 bits per heavy atom. The minimum absolute atomic E-state index is 0.171. The van der Waals surface area contributed by atoms with Gasteiger partial charge in [-0.25, -0.2) is 9.69 Å². The van der Waals surface area contributed by atoms with Crippen LogP contribution in [0.5, 0.6) is 0 Å². The first kappa shape index (κ1) is 19.7. The number of fused-ring (bicyclic) bond motifs is 1. The second-order valence-electron chi connectivity index (χ2n) is 5.80. The standard InChI is InChI=1S/C20H19N3O4/c1-2-23(13-21)20(27)17(22-18(24)9-10-19(25)26)12-14-7-8-15-5-3-4-6-16(15)11-14/h3-11,17H,2,12H2,1H3,(H,22,24)(H,25,26)/b10-9+. The van der Waals surface area contributed by atoms with E-state index in [0.717, 1.165) is 27.3 Å². The van der Waals surface area contributed by atoms with Crippen molar-refractivity contribution in [2.45, 2.75) is 19.4 Å². The van der Waals surface area contributed by atoms with Crippen molar-refractivity contribution < 1.29 is 19.5 Å². The van der Waals surface area contributed by atoms with Gasteiger partial charge >= 0.3 is 5.97 Å². The lowest BCUT2D eigenvalue weighted by molar-refractivity contribution is -0.132. The zero-order valence-corrected chi connectivity index (χ0v) is 14.8. The summed E-state index contributed by atoms with van der Waals surface area (Å²) in [6, 6.07) is 12.4. The smallest absolute Gasteiger partial charge is 0.328 e. The first-order valence-electron chi connectivity index (χ1n) is 8.35. The summed E-state index contributed by atoms with van der Waals surface area (Å²) in [5.74, 6) is -2.54. The fourth-order valence-electron chi connectivity index (χ4n) is 2.63. The van der Waals surface area contributed by atoms with E-state index in [-0.39, 0.29) is 13.0 Å². The lowest BCUT2D eigenvalue weighted by atomic mass is 10.0. The fraction of sp³-hybridized carbons (Fsp3) is 0.200. The van der Waals surface area contributed by atoms with Crippen molar-refractivity contribution in [2.24, 2.45) is 0 Å². The number of hydrogen-bond acceptors (Lipinski definition) is 4. The normalized spacial score (nSPS) is 11.7. The number of nitrogens with zero attached hydrogens (tertiary/aromatic N) is 2. The van der Waals surface area contributed by atoms with Gasteiger partial charge in [0.1, 0.15) is 6.04 Å². The van der Waals surface area contributed by atoms with E-state index < -0.39 is 23.8 Å². The molecule has 0 saturated carbocycles. The molecule has 1 atom stereocenters. The number of carboxylic acids is 1. The van der Waals surface area contributed by atoms with Gasteiger partial charge in [-0.3, -0.25) is 9.59 Å². The third-order valence-corrected chi connectivity index (χ3v) is 3.95. The second kappa shape index (κ2) is 9.15. The lowest BCUT2D eigenvalue weighted by Gasteiger charge is -2.21. The molecule has 0 spiro atoms. The van der Waals surface area contributed by atoms with Crippen LogP contribution in [0.2, 0.25) is 0 Å². The summed E-state index contributed by atoms with van der Waals surface area (Å²) in [4.78, 5) is 36.1. The summed E-state index contributed by atoms with van der Waals surface area (Å²) in [6.07, 6.45) is 3.49. The molecule has 0 aliphatic carbocycles. The molecule has 0 radical (unpaired) electrons. The molecular formula is C20H19N3O4. The molecule has 0 aromatic heterocycles. The van der Waals surface area contributed by atoms with Crippen LogP contribution in [0.1, 0.15) is 12.5 Å². The predicted octanol–water partition coefficient (Wildman–Crippen LogP) is 1.84. The molecule has 7 heteroatoms. The molecule has 0 saturated heterocycles. The number of rotatable bonds is 7. The summed E-state index contributed by atoms with van der Waals surface area (Å²) in [5, 5.41) is 22.3. The molecule has 2 N–H and O–H groups in total. The summed E-state index contributed by atoms with van der Waals surface area (Å²) >= 11 is 0. The average molecular weight is 365 g/mol. The van der Waals surface area contributed by atoms with Gasteiger partial charge in [-0.05, 0) is 23.3 Å². The Kier molecular flexibility index (Phi) is 6.67. The van der Waals surface area contributed by atoms with Crippen LogP contribution < -0.4 is 5.32 Å². The van der Waals surface area contributed by atoms with E-state index in [2.05, 4.69) is 5.32 Å². The maximum absolute atomic E-state index is 12.6. The van der Waals surface area contributed by atoms with Gasteiger partial charge in [0, 0.05) is 25.1 Å². The average Bonchev–Trinajstić information content (AvgIpc) is 2.66. The predicted molar refractivity (Wildman–Crippen MR) is 99.4 cm³/mol. The van der Waals surface area contributed by atoms with E-state index in [1.807, 2.05) is 42.5 Å². The molecule has 2 rings (SSSR count). The summed E-state index contributed by atoms with van der Waals surface area (Å²) in [6.45, 7) is 1.82. The van der Waals surface area contributed by atoms with Gasteiger partial charge in [0.15, 0.2) is 6.19 Å². The number of likely N-dealkylation sites (N-methyl/N-ethyl adjacent to an activating group) is 1. The number of carbonyl (C=O) groups excluding carboxylic acids is 2. The van der Waals surface area contributed by atoms with Gasteiger partial charge in [0.05, 0.1) is 0 Å². The summed E-state index contributed by atoms with van der Waals surface area (Å²) in [7, 11) is 0. The van der Waals surface area contributed by atoms with E-state index in [0.29, 0.717) is 6.08 Å². The van der Waals surface area contributed by atoms with Gasteiger partial charge in [0.25, 0.3) is 5.91 Å². The molecule has 1 unspecified atom stereocenters. The molecule has 0 aliphatic heterocycles. The van der Waals surface area contributed by atoms with Crippen molar-refractivity contribution in [3.8, 4) is 6.19 Å². The quantitative estimate of drug-likeness (QED) is 0.442. The van der Waals surface area contributed by atoms with Gasteiger partial charge in [0.2, 0.25) is 5.91 Å². The van der Waals surface area contributed by atoms with Gasteiger partial charge < -0.3 is 10.4 Å². The van der Waals surface area contributed by atoms with Crippen LogP contribution in [0, 0.1) is 11.5 Å². The number of benzene rings is 2. The Labute approximate surface area is 156 Å². The number of aliphatic carboxylic acids is 1. The Morgan fingerprint density at radius 1 is 1.19 bits per heavy atom. The van der Waals surface area contributed by atoms with Crippen LogP contribution in [-0.4, -0.2) is 40.4 Å². The van der Waals surface area contributed by atoms with E-state index >= 15 is 0 Å². The fourth-order valence-corrected chi connectivity index (χ4v) is 2.63. The van der Waals surface area contributed by atoms with Crippen LogP contribution >= 0.6 is 0 Å². The van der Waals surface area contributed by atoms with E-state index in [4.69, 9.17) is 10.4 Å². The molecule has 0 bridgehead atoms. The zero-order valence-electron chi connectivity index (χ0n) is 14.8. The number of nitrogens with one attached hydrogen (secondary N) is 1. The van der Waals surface area contributed by atoms with Crippen LogP contribution in [0.3, 0.4) is 0 Å². The molecule has 27 heavy (non-hydrogen) atoms. The Bertz CT molecular complexity index is 930. The molecule has 7 nitrogen and oxygen atoms in total. The van der Waals surface area contributed by atoms with Crippen LogP contribution in [-0.2, 0) is 20.8 Å². The number of carboxylic acid groups (broad SMARTS) is 1. The van der Waals surface area contributed by atoms with Gasteiger partial charge in [-0.2, -0.15) is 5.26 Å². The van der Waals surface area contributed by atoms with Gasteiger partial charge in [-0.15, -0.1) is 0 Å². The number of carbonyl (C=O) groups is 3. The summed E-state index contributed by atoms with van der Waals surface area (Å²) in [5.41, 5.74) is 0.809. The van der Waals surface area contributed by atoms with Crippen LogP contribution in [0.15, 0.2) is 54.6 Å². The highest BCUT2D eigenvalue weighted by Crippen LogP contribution is 2.17. The monoisotopic (exact) mass is 365 g/mol. The highest BCUT2D eigenvalue weighted by molar-refractivity contribution is 5.97. The minimum Gasteiger partial charge on any atom is -0.478 e. The van der Waals surface area contributed by atoms with Gasteiger partial charge in [-0.1, -0.05) is 42.5 Å². The van der Waals surface area contributed by atoms with Crippen molar-refractivity contribution in [2.75, 3.05) is 6.54 Å². The number of amides is 2. The Hall–Kier alpha value is -3.66. The van der Waals surface area contributed by atoms with E-state index in [1.54, 1.807) is 13.1 Å². The minimum atomic E-state index is -1.27. The van der Waals surface area contributed by atoms with E-state index in [9.17, 15) is 14.4 Å². The Morgan fingerprint density at radius 2 is 1.89 bits per heavy atom. The van der Waals surface area contributed by atoms with E-state index in [1.165, 1.54) is 0 Å². The van der Waals surface area contributed by atoms with Crippen molar-refractivity contribution in [1.29, 1.82) is 5.26 Å². The van der Waals surface area contributed by atoms with Crippen LogP contribution in [0.4, 0.5) is 0 Å².